The van der Waals surface area contributed by atoms with E-state index in [1.165, 1.54) is 25.7 Å². The third-order valence-corrected chi connectivity index (χ3v) is 3.12. The van der Waals surface area contributed by atoms with Gasteiger partial charge >= 0.3 is 0 Å². The molecule has 1 nitrogen and oxygen atoms in total. The van der Waals surface area contributed by atoms with Crippen molar-refractivity contribution in [2.45, 2.75) is 66.3 Å². The minimum absolute atomic E-state index is 0.719. The molecule has 0 aliphatic rings. The molecule has 0 spiro atoms. The van der Waals surface area contributed by atoms with E-state index < -0.39 is 0 Å². The Morgan fingerprint density at radius 1 is 1.07 bits per heavy atom. The van der Waals surface area contributed by atoms with Gasteiger partial charge < -0.3 is 5.32 Å². The fourth-order valence-corrected chi connectivity index (χ4v) is 2.29. The van der Waals surface area contributed by atoms with E-state index in [2.05, 4.69) is 39.9 Å². The van der Waals surface area contributed by atoms with Gasteiger partial charge in [0.05, 0.1) is 0 Å². The molecule has 0 bridgehead atoms. The molecule has 0 aliphatic heterocycles. The zero-order chi connectivity index (χ0) is 11.0. The predicted octanol–water partition coefficient (Wildman–Crippen LogP) is 3.84. The Hall–Kier alpha value is -0.0400. The molecule has 0 amide bonds. The van der Waals surface area contributed by atoms with Gasteiger partial charge in [-0.25, -0.2) is 0 Å². The molecule has 14 heavy (non-hydrogen) atoms. The molecule has 0 rings (SSSR count). The summed E-state index contributed by atoms with van der Waals surface area (Å²) < 4.78 is 0. The average Bonchev–Trinajstić information content (AvgIpc) is 2.17. The number of hydrogen-bond acceptors (Lipinski definition) is 1. The number of nitrogens with one attached hydrogen (secondary N) is 1. The van der Waals surface area contributed by atoms with Crippen molar-refractivity contribution in [1.82, 2.24) is 5.32 Å². The average molecular weight is 199 g/mol. The van der Waals surface area contributed by atoms with Gasteiger partial charge in [0.15, 0.2) is 0 Å². The summed E-state index contributed by atoms with van der Waals surface area (Å²) in [4.78, 5) is 0. The molecule has 1 N–H and O–H groups in total. The molecule has 0 fully saturated rings. The molecule has 0 aromatic heterocycles. The van der Waals surface area contributed by atoms with Crippen LogP contribution in [0.25, 0.3) is 0 Å². The largest absolute Gasteiger partial charge is 0.314 e. The summed E-state index contributed by atoms with van der Waals surface area (Å²) >= 11 is 0. The summed E-state index contributed by atoms with van der Waals surface area (Å²) in [6.45, 7) is 12.6. The van der Waals surface area contributed by atoms with Crippen molar-refractivity contribution in [2.75, 3.05) is 6.54 Å². The second-order valence-corrected chi connectivity index (χ2v) is 4.64. The molecule has 2 atom stereocenters. The Kier molecular flexibility index (Phi) is 8.26. The van der Waals surface area contributed by atoms with E-state index in [1.54, 1.807) is 0 Å². The molecule has 0 saturated carbocycles. The van der Waals surface area contributed by atoms with Crippen molar-refractivity contribution in [1.29, 1.82) is 0 Å². The van der Waals surface area contributed by atoms with Crippen molar-refractivity contribution in [3.8, 4) is 0 Å². The van der Waals surface area contributed by atoms with E-state index in [0.29, 0.717) is 0 Å². The highest BCUT2D eigenvalue weighted by atomic mass is 14.9. The second kappa shape index (κ2) is 8.28. The highest BCUT2D eigenvalue weighted by molar-refractivity contribution is 4.78. The van der Waals surface area contributed by atoms with Crippen LogP contribution in [0.4, 0.5) is 0 Å². The minimum Gasteiger partial charge on any atom is -0.314 e. The maximum absolute atomic E-state index is 3.64. The van der Waals surface area contributed by atoms with Crippen molar-refractivity contribution >= 4 is 0 Å². The normalized spacial score (nSPS) is 15.9. The minimum atomic E-state index is 0.719. The van der Waals surface area contributed by atoms with Crippen LogP contribution in [0.2, 0.25) is 0 Å². The number of unbranched alkanes of at least 4 members (excludes halogenated alkanes) is 1. The van der Waals surface area contributed by atoms with Crippen LogP contribution in [0.5, 0.6) is 0 Å². The fourth-order valence-electron chi connectivity index (χ4n) is 2.29. The van der Waals surface area contributed by atoms with E-state index in [1.807, 2.05) is 0 Å². The first-order chi connectivity index (χ1) is 6.67. The summed E-state index contributed by atoms with van der Waals surface area (Å²) in [6.07, 6.45) is 5.42. The second-order valence-electron chi connectivity index (χ2n) is 4.64. The molecule has 86 valence electrons. The molecule has 1 heteroatoms. The SMILES string of the molecule is CCCCC(CC)C(NCC)C(C)C. The molecular formula is C13H29N. The summed E-state index contributed by atoms with van der Waals surface area (Å²) in [6, 6.07) is 0.719. The standard InChI is InChI=1S/C13H29N/c1-6-9-10-12(7-2)13(11(4)5)14-8-3/h11-14H,6-10H2,1-5H3. The van der Waals surface area contributed by atoms with E-state index in [9.17, 15) is 0 Å². The van der Waals surface area contributed by atoms with Crippen LogP contribution in [0.1, 0.15) is 60.3 Å². The smallest absolute Gasteiger partial charge is 0.0118 e. The van der Waals surface area contributed by atoms with E-state index >= 15 is 0 Å². The summed E-state index contributed by atoms with van der Waals surface area (Å²) in [5, 5.41) is 3.64. The van der Waals surface area contributed by atoms with Crippen LogP contribution in [-0.4, -0.2) is 12.6 Å². The lowest BCUT2D eigenvalue weighted by molar-refractivity contribution is 0.261. The van der Waals surface area contributed by atoms with Crippen LogP contribution < -0.4 is 5.32 Å². The van der Waals surface area contributed by atoms with Crippen LogP contribution >= 0.6 is 0 Å². The van der Waals surface area contributed by atoms with E-state index in [0.717, 1.165) is 24.4 Å². The van der Waals surface area contributed by atoms with Crippen molar-refractivity contribution in [3.63, 3.8) is 0 Å². The van der Waals surface area contributed by atoms with Gasteiger partial charge in [-0.05, 0) is 24.8 Å². The summed E-state index contributed by atoms with van der Waals surface area (Å²) in [5.74, 6) is 1.63. The Morgan fingerprint density at radius 3 is 2.07 bits per heavy atom. The van der Waals surface area contributed by atoms with Gasteiger partial charge in [0.2, 0.25) is 0 Å². The first-order valence-corrected chi connectivity index (χ1v) is 6.40. The Bertz CT molecular complexity index is 120. The molecular weight excluding hydrogens is 170 g/mol. The number of hydrogen-bond donors (Lipinski definition) is 1. The first-order valence-electron chi connectivity index (χ1n) is 6.40. The van der Waals surface area contributed by atoms with Crippen molar-refractivity contribution < 1.29 is 0 Å². The lowest BCUT2D eigenvalue weighted by Gasteiger charge is -2.30. The van der Waals surface area contributed by atoms with E-state index in [-0.39, 0.29) is 0 Å². The molecule has 0 saturated heterocycles. The zero-order valence-corrected chi connectivity index (χ0v) is 10.8. The topological polar surface area (TPSA) is 12.0 Å². The van der Waals surface area contributed by atoms with Gasteiger partial charge in [-0.3, -0.25) is 0 Å². The van der Waals surface area contributed by atoms with Crippen LogP contribution in [0.3, 0.4) is 0 Å². The van der Waals surface area contributed by atoms with Gasteiger partial charge in [-0.15, -0.1) is 0 Å². The van der Waals surface area contributed by atoms with Gasteiger partial charge in [0.25, 0.3) is 0 Å². The van der Waals surface area contributed by atoms with Gasteiger partial charge in [-0.2, -0.15) is 0 Å². The third-order valence-electron chi connectivity index (χ3n) is 3.12. The monoisotopic (exact) mass is 199 g/mol. The molecule has 0 radical (unpaired) electrons. The summed E-state index contributed by atoms with van der Waals surface area (Å²) in [7, 11) is 0. The quantitative estimate of drug-likeness (QED) is 0.626. The molecule has 0 aromatic rings. The highest BCUT2D eigenvalue weighted by Crippen LogP contribution is 2.22. The third kappa shape index (κ3) is 4.99. The van der Waals surface area contributed by atoms with Crippen LogP contribution in [0, 0.1) is 11.8 Å². The van der Waals surface area contributed by atoms with Crippen LogP contribution in [-0.2, 0) is 0 Å². The van der Waals surface area contributed by atoms with E-state index in [4.69, 9.17) is 0 Å². The molecule has 0 aliphatic carbocycles. The molecule has 0 heterocycles. The van der Waals surface area contributed by atoms with Crippen LogP contribution in [0.15, 0.2) is 0 Å². The van der Waals surface area contributed by atoms with Gasteiger partial charge in [0.1, 0.15) is 0 Å². The predicted molar refractivity (Wildman–Crippen MR) is 65.6 cm³/mol. The van der Waals surface area contributed by atoms with Gasteiger partial charge in [-0.1, -0.05) is 53.9 Å². The summed E-state index contributed by atoms with van der Waals surface area (Å²) in [5.41, 5.74) is 0. The Morgan fingerprint density at radius 2 is 1.71 bits per heavy atom. The van der Waals surface area contributed by atoms with Crippen molar-refractivity contribution in [3.05, 3.63) is 0 Å². The zero-order valence-electron chi connectivity index (χ0n) is 10.8. The van der Waals surface area contributed by atoms with Crippen molar-refractivity contribution in [2.24, 2.45) is 11.8 Å². The van der Waals surface area contributed by atoms with Gasteiger partial charge in [0, 0.05) is 6.04 Å². The lowest BCUT2D eigenvalue weighted by atomic mass is 9.85. The Labute approximate surface area is 90.7 Å². The Balaban J connectivity index is 4.11. The highest BCUT2D eigenvalue weighted by Gasteiger charge is 2.21. The fraction of sp³-hybridized carbons (Fsp3) is 1.00. The first kappa shape index (κ1) is 14.0. The maximum atomic E-state index is 3.64. The lowest BCUT2D eigenvalue weighted by Crippen LogP contribution is -2.40. The maximum Gasteiger partial charge on any atom is 0.0118 e. The molecule has 0 aromatic carbocycles. The molecule has 2 unspecified atom stereocenters. The number of rotatable bonds is 8.